The van der Waals surface area contributed by atoms with E-state index in [1.165, 1.54) is 7.11 Å². The number of nitrogens with two attached hydrogens (primary N) is 1. The van der Waals surface area contributed by atoms with E-state index in [0.717, 1.165) is 11.0 Å². The Hall–Kier alpha value is -1.55. The van der Waals surface area contributed by atoms with Gasteiger partial charge < -0.3 is 25.8 Å². The van der Waals surface area contributed by atoms with Gasteiger partial charge in [0.05, 0.1) is 6.61 Å². The Balaban J connectivity index is 0.00000289. The van der Waals surface area contributed by atoms with Gasteiger partial charge in [-0.1, -0.05) is 7.43 Å². The lowest BCUT2D eigenvalue weighted by atomic mass is 10.2. The predicted octanol–water partition coefficient (Wildman–Crippen LogP) is -2.13. The number of hydrogen-bond donors (Lipinski definition) is 4. The number of carbonyl (C=O) groups excluding carboxylic acids is 1. The molecule has 3 unspecified atom stereocenters. The number of amides is 1. The number of carbonyl (C=O) groups is 1. The normalized spacial score (nSPS) is 15.6. The van der Waals surface area contributed by atoms with Crippen molar-refractivity contribution in [3.05, 3.63) is 12.2 Å². The van der Waals surface area contributed by atoms with E-state index in [2.05, 4.69) is 10.1 Å². The fraction of sp³-hybridized carbons (Fsp3) is 0.667. The van der Waals surface area contributed by atoms with Crippen molar-refractivity contribution in [1.82, 2.24) is 14.8 Å². The molecule has 1 rings (SSSR count). The van der Waals surface area contributed by atoms with Crippen molar-refractivity contribution in [2.24, 2.45) is 5.73 Å². The number of primary amides is 1. The van der Waals surface area contributed by atoms with Crippen LogP contribution in [0.15, 0.2) is 6.33 Å². The van der Waals surface area contributed by atoms with Crippen LogP contribution in [-0.2, 0) is 4.74 Å². The summed E-state index contributed by atoms with van der Waals surface area (Å²) in [7, 11) is 1.27. The minimum atomic E-state index is -1.42. The predicted molar refractivity (Wildman–Crippen MR) is 60.4 cm³/mol. The fourth-order valence-corrected chi connectivity index (χ4v) is 1.21. The quantitative estimate of drug-likeness (QED) is 0.458. The number of aliphatic hydroxyl groups is 3. The Kier molecular flexibility index (Phi) is 6.41. The summed E-state index contributed by atoms with van der Waals surface area (Å²) in [6.45, 7) is -0.640. The largest absolute Gasteiger partial charge is 0.394 e. The summed E-state index contributed by atoms with van der Waals surface area (Å²) in [6.07, 6.45) is -2.78. The highest BCUT2D eigenvalue weighted by Crippen LogP contribution is 2.14. The standard InChI is InChI=1S/C8H14N4O5.CH4/c1-17-8(5(15)4(14)2-13)12-3-10-7(11-12)6(9)16;/h3-5,8,13-15H,2H2,1H3,(H2,9,16);1H4. The second-order valence-electron chi connectivity index (χ2n) is 3.28. The van der Waals surface area contributed by atoms with Crippen molar-refractivity contribution < 1.29 is 24.9 Å². The van der Waals surface area contributed by atoms with E-state index in [4.69, 9.17) is 15.6 Å². The molecule has 1 amide bonds. The molecule has 0 fully saturated rings. The summed E-state index contributed by atoms with van der Waals surface area (Å²) >= 11 is 0. The minimum absolute atomic E-state index is 0. The maximum absolute atomic E-state index is 10.8. The third-order valence-corrected chi connectivity index (χ3v) is 2.10. The summed E-state index contributed by atoms with van der Waals surface area (Å²) in [4.78, 5) is 14.4. The Morgan fingerprint density at radius 2 is 2.22 bits per heavy atom. The van der Waals surface area contributed by atoms with Crippen LogP contribution in [-0.4, -0.2) is 61.9 Å². The number of rotatable bonds is 6. The van der Waals surface area contributed by atoms with Crippen LogP contribution in [0.5, 0.6) is 0 Å². The smallest absolute Gasteiger partial charge is 0.288 e. The van der Waals surface area contributed by atoms with Gasteiger partial charge in [-0.3, -0.25) is 4.79 Å². The van der Waals surface area contributed by atoms with Gasteiger partial charge in [0.25, 0.3) is 5.91 Å². The van der Waals surface area contributed by atoms with Crippen molar-refractivity contribution in [3.63, 3.8) is 0 Å². The molecule has 104 valence electrons. The first-order chi connectivity index (χ1) is 8.01. The second kappa shape index (κ2) is 7.01. The Bertz CT molecular complexity index is 383. The first-order valence-electron chi connectivity index (χ1n) is 4.72. The maximum Gasteiger partial charge on any atom is 0.288 e. The SMILES string of the molecule is C.COC(C(O)C(O)CO)n1cnc(C(N)=O)n1. The van der Waals surface area contributed by atoms with E-state index >= 15 is 0 Å². The Labute approximate surface area is 104 Å². The van der Waals surface area contributed by atoms with Gasteiger partial charge in [-0.15, -0.1) is 5.10 Å². The molecule has 0 aliphatic carbocycles. The lowest BCUT2D eigenvalue weighted by molar-refractivity contribution is -0.124. The van der Waals surface area contributed by atoms with Gasteiger partial charge in [-0.05, 0) is 0 Å². The lowest BCUT2D eigenvalue weighted by Crippen LogP contribution is -2.38. The van der Waals surface area contributed by atoms with Crippen molar-refractivity contribution in [1.29, 1.82) is 0 Å². The summed E-state index contributed by atoms with van der Waals surface area (Å²) in [5.41, 5.74) is 4.96. The van der Waals surface area contributed by atoms with Crippen molar-refractivity contribution in [2.45, 2.75) is 25.9 Å². The van der Waals surface area contributed by atoms with E-state index in [1.54, 1.807) is 0 Å². The first kappa shape index (κ1) is 16.4. The van der Waals surface area contributed by atoms with Gasteiger partial charge in [0.15, 0.2) is 6.23 Å². The van der Waals surface area contributed by atoms with E-state index in [0.29, 0.717) is 0 Å². The minimum Gasteiger partial charge on any atom is -0.394 e. The lowest BCUT2D eigenvalue weighted by Gasteiger charge is -2.24. The van der Waals surface area contributed by atoms with Crippen molar-refractivity contribution >= 4 is 5.91 Å². The van der Waals surface area contributed by atoms with Gasteiger partial charge in [0.2, 0.25) is 5.82 Å². The van der Waals surface area contributed by atoms with Gasteiger partial charge >= 0.3 is 0 Å². The molecule has 0 aliphatic heterocycles. The molecule has 0 aliphatic rings. The highest BCUT2D eigenvalue weighted by molar-refractivity contribution is 5.88. The molecule has 0 bridgehead atoms. The topological polar surface area (TPSA) is 144 Å². The second-order valence-corrected chi connectivity index (χ2v) is 3.28. The molecular weight excluding hydrogens is 244 g/mol. The first-order valence-corrected chi connectivity index (χ1v) is 4.72. The number of aromatic nitrogens is 3. The summed E-state index contributed by atoms with van der Waals surface area (Å²) < 4.78 is 5.93. The zero-order valence-electron chi connectivity index (χ0n) is 9.09. The van der Waals surface area contributed by atoms with Crippen LogP contribution in [0, 0.1) is 0 Å². The molecule has 0 saturated heterocycles. The highest BCUT2D eigenvalue weighted by Gasteiger charge is 2.28. The van der Waals surface area contributed by atoms with E-state index in [1.807, 2.05) is 0 Å². The van der Waals surface area contributed by atoms with Crippen LogP contribution in [0.1, 0.15) is 24.3 Å². The molecule has 0 saturated carbocycles. The van der Waals surface area contributed by atoms with Crippen molar-refractivity contribution in [2.75, 3.05) is 13.7 Å². The van der Waals surface area contributed by atoms with Crippen LogP contribution < -0.4 is 5.73 Å². The Morgan fingerprint density at radius 1 is 1.61 bits per heavy atom. The van der Waals surface area contributed by atoms with E-state index < -0.39 is 30.9 Å². The monoisotopic (exact) mass is 262 g/mol. The van der Waals surface area contributed by atoms with E-state index in [-0.39, 0.29) is 13.3 Å². The molecule has 0 spiro atoms. The number of hydrogen-bond acceptors (Lipinski definition) is 7. The molecule has 3 atom stereocenters. The molecule has 18 heavy (non-hydrogen) atoms. The van der Waals surface area contributed by atoms with Gasteiger partial charge in [-0.25, -0.2) is 9.67 Å². The van der Waals surface area contributed by atoms with E-state index in [9.17, 15) is 15.0 Å². The Morgan fingerprint density at radius 3 is 2.61 bits per heavy atom. The third kappa shape index (κ3) is 3.47. The van der Waals surface area contributed by atoms with Gasteiger partial charge in [0, 0.05) is 7.11 Å². The summed E-state index contributed by atoms with van der Waals surface area (Å²) in [6, 6.07) is 0. The average Bonchev–Trinajstić information content (AvgIpc) is 2.78. The highest BCUT2D eigenvalue weighted by atomic mass is 16.5. The summed E-state index contributed by atoms with van der Waals surface area (Å²) in [5.74, 6) is -1.06. The van der Waals surface area contributed by atoms with Crippen LogP contribution in [0.2, 0.25) is 0 Å². The van der Waals surface area contributed by atoms with Crippen LogP contribution in [0.4, 0.5) is 0 Å². The zero-order valence-corrected chi connectivity index (χ0v) is 9.09. The van der Waals surface area contributed by atoms with Gasteiger partial charge in [0.1, 0.15) is 18.5 Å². The molecular formula is C9H18N4O5. The summed E-state index contributed by atoms with van der Waals surface area (Å²) in [5, 5.41) is 31.3. The molecule has 1 heterocycles. The molecule has 0 radical (unpaired) electrons. The maximum atomic E-state index is 10.8. The number of ether oxygens (including phenoxy) is 1. The number of aliphatic hydroxyl groups excluding tert-OH is 3. The number of methoxy groups -OCH3 is 1. The molecule has 5 N–H and O–H groups in total. The van der Waals surface area contributed by atoms with Crippen LogP contribution in [0.25, 0.3) is 0 Å². The number of nitrogens with zero attached hydrogens (tertiary/aromatic N) is 3. The zero-order chi connectivity index (χ0) is 13.0. The molecule has 1 aromatic heterocycles. The molecule has 9 nitrogen and oxygen atoms in total. The van der Waals surface area contributed by atoms with Crippen molar-refractivity contribution in [3.8, 4) is 0 Å². The fourth-order valence-electron chi connectivity index (χ4n) is 1.21. The molecule has 1 aromatic rings. The van der Waals surface area contributed by atoms with Crippen LogP contribution >= 0.6 is 0 Å². The van der Waals surface area contributed by atoms with Crippen LogP contribution in [0.3, 0.4) is 0 Å². The third-order valence-electron chi connectivity index (χ3n) is 2.10. The molecule has 9 heteroatoms. The van der Waals surface area contributed by atoms with Gasteiger partial charge in [-0.2, -0.15) is 0 Å². The average molecular weight is 262 g/mol. The molecule has 0 aromatic carbocycles.